The third kappa shape index (κ3) is 2.93. The van der Waals surface area contributed by atoms with Crippen molar-refractivity contribution < 1.29 is 4.39 Å². The molecule has 0 N–H and O–H groups in total. The summed E-state index contributed by atoms with van der Waals surface area (Å²) in [5.41, 5.74) is 3.28. The van der Waals surface area contributed by atoms with Gasteiger partial charge >= 0.3 is 0 Å². The van der Waals surface area contributed by atoms with Gasteiger partial charge in [-0.3, -0.25) is 0 Å². The number of halogens is 3. The fourth-order valence-corrected chi connectivity index (χ4v) is 2.92. The van der Waals surface area contributed by atoms with Gasteiger partial charge in [0.05, 0.1) is 4.83 Å². The van der Waals surface area contributed by atoms with Crippen LogP contribution in [-0.2, 0) is 6.42 Å². The van der Waals surface area contributed by atoms with Crippen molar-refractivity contribution in [1.82, 2.24) is 0 Å². The molecule has 1 unspecified atom stereocenters. The van der Waals surface area contributed by atoms with Crippen LogP contribution in [0.4, 0.5) is 4.39 Å². The minimum Gasteiger partial charge on any atom is -0.207 e. The second-order valence-electron chi connectivity index (χ2n) is 4.12. The predicted octanol–water partition coefficient (Wildman–Crippen LogP) is 5.53. The first-order chi connectivity index (χ1) is 8.61. The molecule has 0 amide bonds. The number of rotatable bonds is 3. The molecule has 0 bridgehead atoms. The Morgan fingerprint density at radius 3 is 2.39 bits per heavy atom. The van der Waals surface area contributed by atoms with Gasteiger partial charge in [0.1, 0.15) is 5.82 Å². The zero-order chi connectivity index (χ0) is 13.1. The van der Waals surface area contributed by atoms with E-state index in [4.69, 9.17) is 11.6 Å². The Bertz CT molecular complexity index is 537. The molecule has 2 aromatic rings. The summed E-state index contributed by atoms with van der Waals surface area (Å²) >= 11 is 9.67. The van der Waals surface area contributed by atoms with Crippen LogP contribution in [0.5, 0.6) is 0 Å². The number of hydrogen-bond donors (Lipinski definition) is 0. The molecule has 0 fully saturated rings. The van der Waals surface area contributed by atoms with Gasteiger partial charge in [-0.15, -0.1) is 0 Å². The van der Waals surface area contributed by atoms with E-state index in [1.165, 1.54) is 17.7 Å². The van der Waals surface area contributed by atoms with E-state index >= 15 is 0 Å². The summed E-state index contributed by atoms with van der Waals surface area (Å²) in [6, 6.07) is 12.8. The fraction of sp³-hybridized carbons (Fsp3) is 0.200. The monoisotopic (exact) mass is 326 g/mol. The van der Waals surface area contributed by atoms with Crippen molar-refractivity contribution >= 4 is 27.5 Å². The third-order valence-corrected chi connectivity index (χ3v) is 4.27. The molecule has 0 aliphatic rings. The maximum Gasteiger partial charge on any atom is 0.124 e. The van der Waals surface area contributed by atoms with E-state index in [1.807, 2.05) is 0 Å². The van der Waals surface area contributed by atoms with E-state index in [0.29, 0.717) is 5.02 Å². The van der Waals surface area contributed by atoms with Gasteiger partial charge in [0.25, 0.3) is 0 Å². The smallest absolute Gasteiger partial charge is 0.124 e. The first-order valence-corrected chi connectivity index (χ1v) is 7.09. The first kappa shape index (κ1) is 13.6. The summed E-state index contributed by atoms with van der Waals surface area (Å²) in [6.07, 6.45) is 1.02. The molecule has 0 aliphatic heterocycles. The molecule has 0 nitrogen and oxygen atoms in total. The van der Waals surface area contributed by atoms with Crippen molar-refractivity contribution in [3.8, 4) is 0 Å². The number of aryl methyl sites for hydroxylation is 1. The molecule has 18 heavy (non-hydrogen) atoms. The summed E-state index contributed by atoms with van der Waals surface area (Å²) in [6.45, 7) is 2.12. The fourth-order valence-electron chi connectivity index (χ4n) is 1.81. The molecule has 0 spiro atoms. The number of benzene rings is 2. The largest absolute Gasteiger partial charge is 0.207 e. The Balaban J connectivity index is 2.31. The molecule has 1 atom stereocenters. The van der Waals surface area contributed by atoms with Crippen LogP contribution in [0.25, 0.3) is 0 Å². The molecule has 0 aliphatic carbocycles. The lowest BCUT2D eigenvalue weighted by atomic mass is 10.0. The molecule has 0 saturated carbocycles. The Hall–Kier alpha value is -0.860. The van der Waals surface area contributed by atoms with Crippen LogP contribution in [0, 0.1) is 5.82 Å². The van der Waals surface area contributed by atoms with Crippen LogP contribution >= 0.6 is 27.5 Å². The second kappa shape index (κ2) is 5.85. The van der Waals surface area contributed by atoms with Crippen molar-refractivity contribution in [2.45, 2.75) is 18.2 Å². The molecule has 94 valence electrons. The number of alkyl halides is 1. The van der Waals surface area contributed by atoms with E-state index in [0.717, 1.165) is 17.5 Å². The molecule has 0 radical (unpaired) electrons. The van der Waals surface area contributed by atoms with Crippen molar-refractivity contribution in [1.29, 1.82) is 0 Å². The average Bonchev–Trinajstić information content (AvgIpc) is 2.38. The highest BCUT2D eigenvalue weighted by atomic mass is 79.9. The standard InChI is InChI=1S/C15H13BrClF/c1-2-10-3-5-11(6-4-10)15(16)13-8-7-12(18)9-14(13)17/h3-9,15H,2H2,1H3. The van der Waals surface area contributed by atoms with Gasteiger partial charge in [0, 0.05) is 5.02 Å². The highest BCUT2D eigenvalue weighted by molar-refractivity contribution is 9.09. The summed E-state index contributed by atoms with van der Waals surface area (Å²) in [4.78, 5) is -0.0171. The van der Waals surface area contributed by atoms with Crippen LogP contribution < -0.4 is 0 Å². The Morgan fingerprint density at radius 1 is 1.17 bits per heavy atom. The van der Waals surface area contributed by atoms with Crippen LogP contribution in [0.3, 0.4) is 0 Å². The maximum atomic E-state index is 13.0. The van der Waals surface area contributed by atoms with Gasteiger partial charge in [0.15, 0.2) is 0 Å². The van der Waals surface area contributed by atoms with Crippen LogP contribution in [0.15, 0.2) is 42.5 Å². The molecule has 2 rings (SSSR count). The topological polar surface area (TPSA) is 0 Å². The summed E-state index contributed by atoms with van der Waals surface area (Å²) in [5, 5.41) is 0.441. The second-order valence-corrected chi connectivity index (χ2v) is 5.45. The molecular formula is C15H13BrClF. The summed E-state index contributed by atoms with van der Waals surface area (Å²) < 4.78 is 13.0. The van der Waals surface area contributed by atoms with E-state index in [9.17, 15) is 4.39 Å². The lowest BCUT2D eigenvalue weighted by Crippen LogP contribution is -1.95. The SMILES string of the molecule is CCc1ccc(C(Br)c2ccc(F)cc2Cl)cc1. The van der Waals surface area contributed by atoms with Crippen molar-refractivity contribution in [2.75, 3.05) is 0 Å². The number of hydrogen-bond acceptors (Lipinski definition) is 0. The van der Waals surface area contributed by atoms with Gasteiger partial charge in [0.2, 0.25) is 0 Å². The van der Waals surface area contributed by atoms with E-state index < -0.39 is 0 Å². The van der Waals surface area contributed by atoms with Crippen LogP contribution in [0.1, 0.15) is 28.4 Å². The molecule has 3 heteroatoms. The van der Waals surface area contributed by atoms with Crippen LogP contribution in [-0.4, -0.2) is 0 Å². The highest BCUT2D eigenvalue weighted by Gasteiger charge is 2.14. The molecular weight excluding hydrogens is 315 g/mol. The van der Waals surface area contributed by atoms with Crippen molar-refractivity contribution in [3.05, 3.63) is 70.0 Å². The zero-order valence-electron chi connectivity index (χ0n) is 9.96. The summed E-state index contributed by atoms with van der Waals surface area (Å²) in [7, 11) is 0. The van der Waals surface area contributed by atoms with E-state index in [1.54, 1.807) is 6.07 Å². The molecule has 0 aromatic heterocycles. The van der Waals surface area contributed by atoms with Gasteiger partial charge in [-0.25, -0.2) is 4.39 Å². The minimum absolute atomic E-state index is 0.0171. The molecule has 0 saturated heterocycles. The van der Waals surface area contributed by atoms with Crippen molar-refractivity contribution in [3.63, 3.8) is 0 Å². The summed E-state index contributed by atoms with van der Waals surface area (Å²) in [5.74, 6) is -0.315. The average molecular weight is 328 g/mol. The van der Waals surface area contributed by atoms with Crippen LogP contribution in [0.2, 0.25) is 5.02 Å². The first-order valence-electron chi connectivity index (χ1n) is 5.79. The molecule has 2 aromatic carbocycles. The Morgan fingerprint density at radius 2 is 1.83 bits per heavy atom. The maximum absolute atomic E-state index is 13.0. The van der Waals surface area contributed by atoms with Gasteiger partial charge in [-0.05, 0) is 35.2 Å². The van der Waals surface area contributed by atoms with E-state index in [2.05, 4.69) is 47.1 Å². The van der Waals surface area contributed by atoms with E-state index in [-0.39, 0.29) is 10.6 Å². The van der Waals surface area contributed by atoms with Crippen molar-refractivity contribution in [2.24, 2.45) is 0 Å². The lowest BCUT2D eigenvalue weighted by molar-refractivity contribution is 0.627. The van der Waals surface area contributed by atoms with Gasteiger partial charge < -0.3 is 0 Å². The zero-order valence-corrected chi connectivity index (χ0v) is 12.3. The quantitative estimate of drug-likeness (QED) is 0.651. The van der Waals surface area contributed by atoms with Gasteiger partial charge in [-0.1, -0.05) is 64.8 Å². The van der Waals surface area contributed by atoms with Gasteiger partial charge in [-0.2, -0.15) is 0 Å². The predicted molar refractivity (Wildman–Crippen MR) is 78.0 cm³/mol. The minimum atomic E-state index is -0.315. The normalized spacial score (nSPS) is 12.4. The highest BCUT2D eigenvalue weighted by Crippen LogP contribution is 2.35. The lowest BCUT2D eigenvalue weighted by Gasteiger charge is -2.13. The Kier molecular flexibility index (Phi) is 4.41. The molecule has 0 heterocycles. The Labute approximate surface area is 120 Å². The third-order valence-electron chi connectivity index (χ3n) is 2.92.